The molecule has 1 aromatic carbocycles. The second-order valence-corrected chi connectivity index (χ2v) is 7.67. The first-order valence-electron chi connectivity index (χ1n) is 8.70. The Hall–Kier alpha value is -2.09. The molecule has 9 heteroatoms. The van der Waals surface area contributed by atoms with Gasteiger partial charge in [0.1, 0.15) is 0 Å². The number of nitrogens with zero attached hydrogens (tertiary/aromatic N) is 2. The summed E-state index contributed by atoms with van der Waals surface area (Å²) in [6, 6.07) is 4.65. The number of likely N-dealkylation sites (tertiary alicyclic amines) is 1. The summed E-state index contributed by atoms with van der Waals surface area (Å²) < 4.78 is 0. The van der Waals surface area contributed by atoms with Gasteiger partial charge in [-0.3, -0.25) is 4.79 Å². The number of halogens is 2. The number of aliphatic carboxylic acids is 2. The topological polar surface area (TPSA) is 98.2 Å². The fraction of sp³-hybridized carbons (Fsp3) is 0.421. The predicted octanol–water partition coefficient (Wildman–Crippen LogP) is 3.01. The van der Waals surface area contributed by atoms with Gasteiger partial charge in [-0.25, -0.2) is 9.59 Å². The summed E-state index contributed by atoms with van der Waals surface area (Å²) >= 11 is 12.0. The van der Waals surface area contributed by atoms with E-state index in [1.165, 1.54) is 18.0 Å². The van der Waals surface area contributed by atoms with Gasteiger partial charge in [-0.15, -0.1) is 0 Å². The molecule has 0 aliphatic carbocycles. The fourth-order valence-corrected chi connectivity index (χ4v) is 3.69. The van der Waals surface area contributed by atoms with E-state index in [0.29, 0.717) is 42.7 Å². The maximum atomic E-state index is 13.3. The lowest BCUT2D eigenvalue weighted by atomic mass is 9.78. The summed E-state index contributed by atoms with van der Waals surface area (Å²) in [5.74, 6) is -4.68. The van der Waals surface area contributed by atoms with Crippen LogP contribution in [0.4, 0.5) is 5.69 Å². The minimum Gasteiger partial charge on any atom is -0.478 e. The van der Waals surface area contributed by atoms with Crippen LogP contribution < -0.4 is 4.90 Å². The van der Waals surface area contributed by atoms with Gasteiger partial charge in [0.05, 0.1) is 21.5 Å². The Morgan fingerprint density at radius 3 is 2.29 bits per heavy atom. The summed E-state index contributed by atoms with van der Waals surface area (Å²) in [6.45, 7) is 1.40. The summed E-state index contributed by atoms with van der Waals surface area (Å²) in [5.41, 5.74) is 0.0244. The van der Waals surface area contributed by atoms with E-state index in [4.69, 9.17) is 28.3 Å². The molecule has 2 N–H and O–H groups in total. The van der Waals surface area contributed by atoms with Crippen LogP contribution in [0.2, 0.25) is 10.0 Å². The normalized spacial score (nSPS) is 17.2. The number of piperidine rings is 1. The zero-order valence-corrected chi connectivity index (χ0v) is 17.1. The van der Waals surface area contributed by atoms with Gasteiger partial charge in [0, 0.05) is 18.8 Å². The van der Waals surface area contributed by atoms with Crippen molar-refractivity contribution in [2.75, 3.05) is 32.1 Å². The number of rotatable bonds is 6. The molecular weight excluding hydrogens is 407 g/mol. The van der Waals surface area contributed by atoms with Crippen LogP contribution in [0.25, 0.3) is 0 Å². The Balaban J connectivity index is 2.44. The van der Waals surface area contributed by atoms with Crippen LogP contribution in [0.15, 0.2) is 29.8 Å². The second kappa shape index (κ2) is 9.41. The molecule has 1 aliphatic rings. The van der Waals surface area contributed by atoms with Crippen LogP contribution in [0.5, 0.6) is 0 Å². The molecule has 1 aliphatic heterocycles. The molecule has 1 atom stereocenters. The van der Waals surface area contributed by atoms with E-state index in [1.807, 2.05) is 7.05 Å². The monoisotopic (exact) mass is 428 g/mol. The molecule has 1 unspecified atom stereocenters. The molecular formula is C19H22Cl2N2O5. The van der Waals surface area contributed by atoms with Crippen molar-refractivity contribution in [1.82, 2.24) is 4.90 Å². The maximum absolute atomic E-state index is 13.3. The van der Waals surface area contributed by atoms with E-state index in [1.54, 1.807) is 12.1 Å². The summed E-state index contributed by atoms with van der Waals surface area (Å²) in [6.07, 6.45) is 1.80. The van der Waals surface area contributed by atoms with Crippen LogP contribution in [-0.4, -0.2) is 60.1 Å². The highest BCUT2D eigenvalue weighted by Crippen LogP contribution is 2.34. The number of benzene rings is 1. The lowest BCUT2D eigenvalue weighted by molar-refractivity contribution is -0.137. The van der Waals surface area contributed by atoms with Crippen LogP contribution in [0, 0.1) is 11.8 Å². The minimum absolute atomic E-state index is 0.259. The highest BCUT2D eigenvalue weighted by atomic mass is 35.5. The molecule has 1 heterocycles. The Morgan fingerprint density at radius 2 is 1.79 bits per heavy atom. The van der Waals surface area contributed by atoms with Crippen molar-refractivity contribution in [3.8, 4) is 0 Å². The van der Waals surface area contributed by atoms with Crippen molar-refractivity contribution < 1.29 is 24.6 Å². The van der Waals surface area contributed by atoms with Crippen molar-refractivity contribution >= 4 is 46.7 Å². The first-order valence-corrected chi connectivity index (χ1v) is 9.46. The van der Waals surface area contributed by atoms with Crippen LogP contribution in [0.1, 0.15) is 12.8 Å². The average Bonchev–Trinajstić information content (AvgIpc) is 2.63. The van der Waals surface area contributed by atoms with Gasteiger partial charge >= 0.3 is 11.9 Å². The number of carbonyl (C=O) groups is 3. The minimum atomic E-state index is -1.41. The van der Waals surface area contributed by atoms with Crippen molar-refractivity contribution in [3.63, 3.8) is 0 Å². The van der Waals surface area contributed by atoms with Crippen LogP contribution >= 0.6 is 23.2 Å². The molecule has 2 rings (SSSR count). The summed E-state index contributed by atoms with van der Waals surface area (Å²) in [4.78, 5) is 39.7. The van der Waals surface area contributed by atoms with Crippen molar-refractivity contribution in [1.29, 1.82) is 0 Å². The zero-order chi connectivity index (χ0) is 21.0. The van der Waals surface area contributed by atoms with Gasteiger partial charge in [0.2, 0.25) is 5.91 Å². The van der Waals surface area contributed by atoms with E-state index in [9.17, 15) is 19.5 Å². The Bertz CT molecular complexity index is 804. The van der Waals surface area contributed by atoms with Gasteiger partial charge in [-0.1, -0.05) is 23.2 Å². The average molecular weight is 429 g/mol. The van der Waals surface area contributed by atoms with Crippen LogP contribution in [0.3, 0.4) is 0 Å². The van der Waals surface area contributed by atoms with Crippen LogP contribution in [-0.2, 0) is 14.4 Å². The molecule has 0 radical (unpaired) electrons. The highest BCUT2D eigenvalue weighted by Gasteiger charge is 2.38. The van der Waals surface area contributed by atoms with Gasteiger partial charge in [0.15, 0.2) is 0 Å². The molecule has 152 valence electrons. The van der Waals surface area contributed by atoms with Gasteiger partial charge < -0.3 is 20.0 Å². The lowest BCUT2D eigenvalue weighted by Gasteiger charge is -2.35. The molecule has 1 saturated heterocycles. The smallest absolute Gasteiger partial charge is 0.332 e. The van der Waals surface area contributed by atoms with Crippen molar-refractivity contribution in [2.45, 2.75) is 12.8 Å². The molecule has 0 spiro atoms. The first kappa shape index (κ1) is 22.2. The molecule has 1 fully saturated rings. The first-order chi connectivity index (χ1) is 13.1. The Labute approximate surface area is 173 Å². The third-order valence-electron chi connectivity index (χ3n) is 4.98. The lowest BCUT2D eigenvalue weighted by Crippen LogP contribution is -2.43. The maximum Gasteiger partial charge on any atom is 0.332 e. The van der Waals surface area contributed by atoms with E-state index in [0.717, 1.165) is 0 Å². The number of hydrogen-bond acceptors (Lipinski definition) is 4. The second-order valence-electron chi connectivity index (χ2n) is 6.86. The van der Waals surface area contributed by atoms with E-state index >= 15 is 0 Å². The molecule has 0 bridgehead atoms. The number of carboxylic acid groups (broad SMARTS) is 2. The van der Waals surface area contributed by atoms with Crippen molar-refractivity contribution in [3.05, 3.63) is 39.9 Å². The standard InChI is InChI=1S/C19H22Cl2N2O5/c1-22-7-5-11(6-8-22)17(13(19(27)28)10-16(24)25)18(26)23(2)12-3-4-14(20)15(21)9-12/h3-4,9-11,17H,5-8H2,1-2H3,(H,24,25)(H,27,28)/b13-10+. The molecule has 0 aromatic heterocycles. The third kappa shape index (κ3) is 5.25. The zero-order valence-electron chi connectivity index (χ0n) is 15.6. The number of hydrogen-bond donors (Lipinski definition) is 2. The van der Waals surface area contributed by atoms with Gasteiger partial charge in [-0.05, 0) is 57.1 Å². The SMILES string of the molecule is CN1CCC(C(C(=O)N(C)c2ccc(Cl)c(Cl)c2)/C(=C\C(=O)O)C(=O)O)CC1. The number of carbonyl (C=O) groups excluding carboxylic acids is 1. The largest absolute Gasteiger partial charge is 0.478 e. The molecule has 1 aromatic rings. The molecule has 7 nitrogen and oxygen atoms in total. The molecule has 1 amide bonds. The number of amides is 1. The van der Waals surface area contributed by atoms with E-state index < -0.39 is 29.3 Å². The Morgan fingerprint density at radius 1 is 1.18 bits per heavy atom. The quantitative estimate of drug-likeness (QED) is 0.675. The third-order valence-corrected chi connectivity index (χ3v) is 5.72. The highest BCUT2D eigenvalue weighted by molar-refractivity contribution is 6.42. The molecule has 0 saturated carbocycles. The number of carboxylic acids is 2. The molecule has 28 heavy (non-hydrogen) atoms. The van der Waals surface area contributed by atoms with E-state index in [2.05, 4.69) is 4.90 Å². The number of anilines is 1. The Kier molecular flexibility index (Phi) is 7.46. The van der Waals surface area contributed by atoms with E-state index in [-0.39, 0.29) is 10.9 Å². The van der Waals surface area contributed by atoms with Gasteiger partial charge in [0.25, 0.3) is 0 Å². The summed E-state index contributed by atoms with van der Waals surface area (Å²) in [5, 5.41) is 19.3. The predicted molar refractivity (Wildman–Crippen MR) is 107 cm³/mol. The fourth-order valence-electron chi connectivity index (χ4n) is 3.40. The van der Waals surface area contributed by atoms with Crippen molar-refractivity contribution in [2.24, 2.45) is 11.8 Å². The van der Waals surface area contributed by atoms with Gasteiger partial charge in [-0.2, -0.15) is 0 Å². The summed E-state index contributed by atoms with van der Waals surface area (Å²) in [7, 11) is 3.45.